The van der Waals surface area contributed by atoms with Crippen LogP contribution in [0.2, 0.25) is 5.02 Å². The predicted molar refractivity (Wildman–Crippen MR) is 84.4 cm³/mol. The number of ether oxygens (including phenoxy) is 2. The molecule has 0 amide bonds. The van der Waals surface area contributed by atoms with Gasteiger partial charge in [0.05, 0.1) is 10.6 Å². The fraction of sp³-hybridized carbons (Fsp3) is 0.200. The molecule has 0 fully saturated rings. The van der Waals surface area contributed by atoms with E-state index in [1.807, 2.05) is 0 Å². The Balaban J connectivity index is 1.93. The van der Waals surface area contributed by atoms with Crippen LogP contribution in [0.3, 0.4) is 0 Å². The summed E-state index contributed by atoms with van der Waals surface area (Å²) >= 11 is 5.99. The summed E-state index contributed by atoms with van der Waals surface area (Å²) in [5, 5.41) is 0.407. The van der Waals surface area contributed by atoms with Gasteiger partial charge >= 0.3 is 0 Å². The van der Waals surface area contributed by atoms with E-state index in [0.29, 0.717) is 41.0 Å². The summed E-state index contributed by atoms with van der Waals surface area (Å²) in [6, 6.07) is 9.68. The van der Waals surface area contributed by atoms with Gasteiger partial charge in [0.15, 0.2) is 11.5 Å². The Morgan fingerprint density at radius 3 is 2.59 bits per heavy atom. The average molecular weight is 340 g/mol. The van der Waals surface area contributed by atoms with Crippen LogP contribution in [-0.2, 0) is 10.0 Å². The molecule has 0 saturated heterocycles. The molecule has 5 nitrogen and oxygen atoms in total. The van der Waals surface area contributed by atoms with Gasteiger partial charge in [0.2, 0.25) is 0 Å². The molecule has 1 heterocycles. The summed E-state index contributed by atoms with van der Waals surface area (Å²) in [5.41, 5.74) is 0.915. The quantitative estimate of drug-likeness (QED) is 0.932. The van der Waals surface area contributed by atoms with Crippen LogP contribution in [0.5, 0.6) is 11.5 Å². The van der Waals surface area contributed by atoms with Crippen LogP contribution >= 0.6 is 11.6 Å². The molecular weight excluding hydrogens is 326 g/mol. The highest BCUT2D eigenvalue weighted by Crippen LogP contribution is 2.33. The van der Waals surface area contributed by atoms with E-state index in [9.17, 15) is 8.42 Å². The molecular formula is C15H14ClNO4S. The van der Waals surface area contributed by atoms with Crippen molar-refractivity contribution in [3.05, 3.63) is 47.0 Å². The van der Waals surface area contributed by atoms with Crippen LogP contribution < -0.4 is 14.2 Å². The van der Waals surface area contributed by atoms with E-state index in [1.54, 1.807) is 37.3 Å². The van der Waals surface area contributed by atoms with Crippen molar-refractivity contribution in [1.82, 2.24) is 0 Å². The highest BCUT2D eigenvalue weighted by Gasteiger charge is 2.19. The Bertz CT molecular complexity index is 820. The first-order valence-electron chi connectivity index (χ1n) is 6.65. The number of halogens is 1. The molecule has 7 heteroatoms. The average Bonchev–Trinajstić information content (AvgIpc) is 2.49. The lowest BCUT2D eigenvalue weighted by Crippen LogP contribution is -2.17. The van der Waals surface area contributed by atoms with Crippen molar-refractivity contribution in [2.75, 3.05) is 17.9 Å². The number of benzene rings is 2. The Morgan fingerprint density at radius 2 is 1.82 bits per heavy atom. The Labute approximate surface area is 133 Å². The zero-order valence-electron chi connectivity index (χ0n) is 11.8. The largest absolute Gasteiger partial charge is 0.486 e. The van der Waals surface area contributed by atoms with E-state index in [4.69, 9.17) is 21.1 Å². The van der Waals surface area contributed by atoms with Gasteiger partial charge in [0.25, 0.3) is 10.0 Å². The number of rotatable bonds is 3. The molecule has 0 radical (unpaired) electrons. The van der Waals surface area contributed by atoms with Crippen LogP contribution in [0.4, 0.5) is 5.69 Å². The van der Waals surface area contributed by atoms with Gasteiger partial charge in [-0.05, 0) is 36.8 Å². The lowest BCUT2D eigenvalue weighted by Gasteiger charge is -2.19. The molecule has 1 aliphatic rings. The van der Waals surface area contributed by atoms with Crippen molar-refractivity contribution in [2.45, 2.75) is 11.8 Å². The lowest BCUT2D eigenvalue weighted by atomic mass is 10.2. The normalized spacial score (nSPS) is 13.7. The van der Waals surface area contributed by atoms with Gasteiger partial charge in [-0.2, -0.15) is 0 Å². The summed E-state index contributed by atoms with van der Waals surface area (Å²) in [7, 11) is -3.72. The third-order valence-electron chi connectivity index (χ3n) is 3.30. The zero-order valence-corrected chi connectivity index (χ0v) is 13.4. The number of fused-ring (bicyclic) bond motifs is 1. The second kappa shape index (κ2) is 5.70. The maximum atomic E-state index is 12.5. The zero-order chi connectivity index (χ0) is 15.7. The lowest BCUT2D eigenvalue weighted by molar-refractivity contribution is 0.171. The highest BCUT2D eigenvalue weighted by atomic mass is 35.5. The van der Waals surface area contributed by atoms with E-state index >= 15 is 0 Å². The van der Waals surface area contributed by atoms with Gasteiger partial charge in [0.1, 0.15) is 13.2 Å². The summed E-state index contributed by atoms with van der Waals surface area (Å²) in [4.78, 5) is 0.148. The molecule has 1 aliphatic heterocycles. The predicted octanol–water partition coefficient (Wildman–Crippen LogP) is 3.22. The third kappa shape index (κ3) is 2.84. The van der Waals surface area contributed by atoms with Crippen LogP contribution in [0.15, 0.2) is 41.3 Å². The first kappa shape index (κ1) is 15.0. The van der Waals surface area contributed by atoms with Crippen molar-refractivity contribution < 1.29 is 17.9 Å². The molecule has 0 bridgehead atoms. The minimum Gasteiger partial charge on any atom is -0.486 e. The minimum atomic E-state index is -3.72. The van der Waals surface area contributed by atoms with Gasteiger partial charge in [-0.15, -0.1) is 0 Å². The van der Waals surface area contributed by atoms with Gasteiger partial charge in [-0.25, -0.2) is 8.42 Å². The summed E-state index contributed by atoms with van der Waals surface area (Å²) < 4.78 is 38.4. The summed E-state index contributed by atoms with van der Waals surface area (Å²) in [5.74, 6) is 1.13. The fourth-order valence-electron chi connectivity index (χ4n) is 2.20. The monoisotopic (exact) mass is 339 g/mol. The van der Waals surface area contributed by atoms with Gasteiger partial charge in [-0.3, -0.25) is 4.72 Å². The van der Waals surface area contributed by atoms with Gasteiger partial charge in [0, 0.05) is 11.1 Å². The standard InChI is InChI=1S/C15H14ClNO4S/c1-10-12(16)3-2-4-15(10)22(18,19)17-11-5-6-13-14(9-11)21-8-7-20-13/h2-6,9,17H,7-8H2,1H3. The molecule has 0 aliphatic carbocycles. The molecule has 22 heavy (non-hydrogen) atoms. The number of sulfonamides is 1. The summed E-state index contributed by atoms with van der Waals surface area (Å²) in [6.07, 6.45) is 0. The fourth-order valence-corrected chi connectivity index (χ4v) is 3.74. The van der Waals surface area contributed by atoms with E-state index in [0.717, 1.165) is 0 Å². The topological polar surface area (TPSA) is 64.6 Å². The molecule has 2 aromatic carbocycles. The van der Waals surface area contributed by atoms with Crippen molar-refractivity contribution in [3.63, 3.8) is 0 Å². The molecule has 1 N–H and O–H groups in total. The minimum absolute atomic E-state index is 0.148. The number of anilines is 1. The molecule has 0 saturated carbocycles. The van der Waals surface area contributed by atoms with E-state index < -0.39 is 10.0 Å². The Hall–Kier alpha value is -1.92. The van der Waals surface area contributed by atoms with Crippen molar-refractivity contribution in [2.24, 2.45) is 0 Å². The van der Waals surface area contributed by atoms with Crippen LogP contribution in [0, 0.1) is 6.92 Å². The number of hydrogen-bond donors (Lipinski definition) is 1. The van der Waals surface area contributed by atoms with E-state index in [2.05, 4.69) is 4.72 Å². The van der Waals surface area contributed by atoms with Gasteiger partial charge < -0.3 is 9.47 Å². The van der Waals surface area contributed by atoms with E-state index in [-0.39, 0.29) is 4.90 Å². The molecule has 0 atom stereocenters. The van der Waals surface area contributed by atoms with Crippen molar-refractivity contribution >= 4 is 27.3 Å². The maximum Gasteiger partial charge on any atom is 0.262 e. The molecule has 3 rings (SSSR count). The van der Waals surface area contributed by atoms with Gasteiger partial charge in [-0.1, -0.05) is 17.7 Å². The maximum absolute atomic E-state index is 12.5. The SMILES string of the molecule is Cc1c(Cl)cccc1S(=O)(=O)Nc1ccc2c(c1)OCCO2. The molecule has 2 aromatic rings. The smallest absolute Gasteiger partial charge is 0.262 e. The second-order valence-corrected chi connectivity index (χ2v) is 6.88. The first-order valence-corrected chi connectivity index (χ1v) is 8.51. The highest BCUT2D eigenvalue weighted by molar-refractivity contribution is 7.92. The molecule has 0 spiro atoms. The third-order valence-corrected chi connectivity index (χ3v) is 5.24. The second-order valence-electron chi connectivity index (χ2n) is 4.83. The number of hydrogen-bond acceptors (Lipinski definition) is 4. The Morgan fingerprint density at radius 1 is 1.09 bits per heavy atom. The molecule has 0 aromatic heterocycles. The summed E-state index contributed by atoms with van der Waals surface area (Å²) in [6.45, 7) is 2.59. The van der Waals surface area contributed by atoms with Crippen LogP contribution in [-0.4, -0.2) is 21.6 Å². The molecule has 116 valence electrons. The Kier molecular flexibility index (Phi) is 3.88. The first-order chi connectivity index (χ1) is 10.5. The van der Waals surface area contributed by atoms with Crippen molar-refractivity contribution in [3.8, 4) is 11.5 Å². The van der Waals surface area contributed by atoms with Crippen molar-refractivity contribution in [1.29, 1.82) is 0 Å². The number of nitrogens with one attached hydrogen (secondary N) is 1. The van der Waals surface area contributed by atoms with Crippen LogP contribution in [0.1, 0.15) is 5.56 Å². The molecule has 0 unspecified atom stereocenters. The van der Waals surface area contributed by atoms with E-state index in [1.165, 1.54) is 6.07 Å². The van der Waals surface area contributed by atoms with Crippen LogP contribution in [0.25, 0.3) is 0 Å².